The van der Waals surface area contributed by atoms with Gasteiger partial charge in [0, 0.05) is 5.56 Å². The molecule has 3 aromatic rings. The molecule has 0 radical (unpaired) electrons. The highest BCUT2D eigenvalue weighted by molar-refractivity contribution is 5.87. The van der Waals surface area contributed by atoms with Crippen molar-refractivity contribution in [3.8, 4) is 5.75 Å². The first-order valence-corrected chi connectivity index (χ1v) is 11.2. The van der Waals surface area contributed by atoms with Crippen LogP contribution in [0.5, 0.6) is 5.75 Å². The van der Waals surface area contributed by atoms with Gasteiger partial charge >= 0.3 is 0 Å². The van der Waals surface area contributed by atoms with E-state index in [9.17, 15) is 4.79 Å². The molecule has 1 saturated heterocycles. The SMILES string of the molecule is CCOc1ccc(C[NH+]2CCN(C(=O)C(c3ccccc3)c3ccccc3)CC2)cc1. The Morgan fingerprint density at radius 1 is 0.871 bits per heavy atom. The number of amides is 1. The third-order valence-corrected chi connectivity index (χ3v) is 5.98. The van der Waals surface area contributed by atoms with Gasteiger partial charge in [-0.1, -0.05) is 60.7 Å². The average molecular weight is 416 g/mol. The Bertz CT molecular complexity index is 910. The van der Waals surface area contributed by atoms with Crippen molar-refractivity contribution >= 4 is 5.91 Å². The first-order chi connectivity index (χ1) is 15.2. The molecule has 0 saturated carbocycles. The van der Waals surface area contributed by atoms with E-state index in [1.165, 1.54) is 10.5 Å². The summed E-state index contributed by atoms with van der Waals surface area (Å²) in [6, 6.07) is 28.7. The standard InChI is InChI=1S/C27H30N2O2/c1-2-31-25-15-13-22(14-16-25)21-28-17-19-29(20-18-28)27(30)26(23-9-5-3-6-10-23)24-11-7-4-8-12-24/h3-16,26H,2,17-21H2,1H3/p+1. The molecule has 4 nitrogen and oxygen atoms in total. The highest BCUT2D eigenvalue weighted by Gasteiger charge is 2.31. The second kappa shape index (κ2) is 10.3. The summed E-state index contributed by atoms with van der Waals surface area (Å²) >= 11 is 0. The zero-order chi connectivity index (χ0) is 21.5. The quantitative estimate of drug-likeness (QED) is 0.643. The number of carbonyl (C=O) groups excluding carboxylic acids is 1. The number of hydrogen-bond acceptors (Lipinski definition) is 2. The number of quaternary nitrogens is 1. The molecule has 0 aliphatic carbocycles. The van der Waals surface area contributed by atoms with Crippen LogP contribution in [0.25, 0.3) is 0 Å². The lowest BCUT2D eigenvalue weighted by atomic mass is 9.90. The van der Waals surface area contributed by atoms with E-state index >= 15 is 0 Å². The lowest BCUT2D eigenvalue weighted by Crippen LogP contribution is -3.13. The van der Waals surface area contributed by atoms with Gasteiger partial charge in [-0.2, -0.15) is 0 Å². The molecule has 160 valence electrons. The Kier molecular flexibility index (Phi) is 7.00. The van der Waals surface area contributed by atoms with Gasteiger partial charge in [0.1, 0.15) is 12.3 Å². The molecule has 1 fully saturated rings. The van der Waals surface area contributed by atoms with E-state index in [-0.39, 0.29) is 11.8 Å². The predicted octanol–water partition coefficient (Wildman–Crippen LogP) is 3.14. The molecule has 0 unspecified atom stereocenters. The van der Waals surface area contributed by atoms with E-state index in [4.69, 9.17) is 4.74 Å². The van der Waals surface area contributed by atoms with E-state index < -0.39 is 0 Å². The van der Waals surface area contributed by atoms with Crippen LogP contribution in [-0.4, -0.2) is 43.6 Å². The van der Waals surface area contributed by atoms with E-state index in [1.807, 2.05) is 60.4 Å². The number of piperazine rings is 1. The minimum atomic E-state index is -0.241. The number of nitrogens with zero attached hydrogens (tertiary/aromatic N) is 1. The third-order valence-electron chi connectivity index (χ3n) is 5.98. The van der Waals surface area contributed by atoms with Crippen molar-refractivity contribution < 1.29 is 14.4 Å². The highest BCUT2D eigenvalue weighted by Crippen LogP contribution is 2.26. The Hall–Kier alpha value is -3.11. The molecule has 0 atom stereocenters. The summed E-state index contributed by atoms with van der Waals surface area (Å²) in [6.45, 7) is 7.19. The number of rotatable bonds is 7. The second-order valence-electron chi connectivity index (χ2n) is 8.08. The molecule has 1 N–H and O–H groups in total. The molecule has 3 aromatic carbocycles. The minimum absolute atomic E-state index is 0.206. The van der Waals surface area contributed by atoms with Crippen LogP contribution < -0.4 is 9.64 Å². The Labute approximate surface area is 185 Å². The van der Waals surface area contributed by atoms with Crippen LogP contribution in [0, 0.1) is 0 Å². The molecule has 1 aliphatic heterocycles. The van der Waals surface area contributed by atoms with Crippen LogP contribution in [0.15, 0.2) is 84.9 Å². The van der Waals surface area contributed by atoms with Crippen molar-refractivity contribution in [2.75, 3.05) is 32.8 Å². The van der Waals surface area contributed by atoms with Crippen molar-refractivity contribution in [2.45, 2.75) is 19.4 Å². The molecule has 0 bridgehead atoms. The van der Waals surface area contributed by atoms with Crippen LogP contribution in [0.2, 0.25) is 0 Å². The normalized spacial score (nSPS) is 14.6. The molecule has 4 rings (SSSR count). The van der Waals surface area contributed by atoms with Crippen molar-refractivity contribution in [1.82, 2.24) is 4.90 Å². The molecule has 4 heteroatoms. The topological polar surface area (TPSA) is 34.0 Å². The van der Waals surface area contributed by atoms with Gasteiger partial charge in [-0.25, -0.2) is 0 Å². The van der Waals surface area contributed by atoms with Crippen molar-refractivity contribution in [1.29, 1.82) is 0 Å². The van der Waals surface area contributed by atoms with Crippen LogP contribution in [0.3, 0.4) is 0 Å². The van der Waals surface area contributed by atoms with Gasteiger partial charge in [0.2, 0.25) is 5.91 Å². The molecule has 1 amide bonds. The molecular formula is C27H31N2O2+. The van der Waals surface area contributed by atoms with Gasteiger partial charge in [0.05, 0.1) is 38.7 Å². The fraction of sp³-hybridized carbons (Fsp3) is 0.296. The number of hydrogen-bond donors (Lipinski definition) is 1. The number of ether oxygens (including phenoxy) is 1. The molecular weight excluding hydrogens is 384 g/mol. The summed E-state index contributed by atoms with van der Waals surface area (Å²) in [5.41, 5.74) is 3.43. The number of nitrogens with one attached hydrogen (secondary N) is 1. The fourth-order valence-corrected chi connectivity index (χ4v) is 4.33. The summed E-state index contributed by atoms with van der Waals surface area (Å²) < 4.78 is 5.54. The van der Waals surface area contributed by atoms with Gasteiger partial charge in [-0.05, 0) is 42.3 Å². The lowest BCUT2D eigenvalue weighted by molar-refractivity contribution is -0.917. The van der Waals surface area contributed by atoms with Gasteiger partial charge in [0.25, 0.3) is 0 Å². The van der Waals surface area contributed by atoms with Crippen LogP contribution in [-0.2, 0) is 11.3 Å². The average Bonchev–Trinajstić information content (AvgIpc) is 2.82. The van der Waals surface area contributed by atoms with E-state index in [0.717, 1.165) is 49.6 Å². The summed E-state index contributed by atoms with van der Waals surface area (Å²) in [6.07, 6.45) is 0. The van der Waals surface area contributed by atoms with Gasteiger partial charge in [-0.15, -0.1) is 0 Å². The summed E-state index contributed by atoms with van der Waals surface area (Å²) in [5.74, 6) is 0.886. The molecule has 31 heavy (non-hydrogen) atoms. The summed E-state index contributed by atoms with van der Waals surface area (Å²) in [4.78, 5) is 17.1. The van der Waals surface area contributed by atoms with E-state index in [0.29, 0.717) is 6.61 Å². The maximum Gasteiger partial charge on any atom is 0.234 e. The first-order valence-electron chi connectivity index (χ1n) is 11.2. The second-order valence-corrected chi connectivity index (χ2v) is 8.08. The van der Waals surface area contributed by atoms with Crippen molar-refractivity contribution in [2.24, 2.45) is 0 Å². The Morgan fingerprint density at radius 3 is 1.94 bits per heavy atom. The van der Waals surface area contributed by atoms with E-state index in [1.54, 1.807) is 0 Å². The molecule has 0 aromatic heterocycles. The van der Waals surface area contributed by atoms with Crippen LogP contribution in [0.1, 0.15) is 29.5 Å². The Balaban J connectivity index is 1.40. The first kappa shape index (κ1) is 21.1. The molecule has 1 aliphatic rings. The van der Waals surface area contributed by atoms with Crippen LogP contribution in [0.4, 0.5) is 0 Å². The minimum Gasteiger partial charge on any atom is -0.494 e. The Morgan fingerprint density at radius 2 is 1.42 bits per heavy atom. The highest BCUT2D eigenvalue weighted by atomic mass is 16.5. The number of benzene rings is 3. The maximum absolute atomic E-state index is 13.6. The summed E-state index contributed by atoms with van der Waals surface area (Å²) in [5, 5.41) is 0. The fourth-order valence-electron chi connectivity index (χ4n) is 4.33. The molecule has 1 heterocycles. The van der Waals surface area contributed by atoms with Crippen LogP contribution >= 0.6 is 0 Å². The zero-order valence-electron chi connectivity index (χ0n) is 18.2. The monoisotopic (exact) mass is 415 g/mol. The van der Waals surface area contributed by atoms with Gasteiger partial charge in [-0.3, -0.25) is 4.79 Å². The lowest BCUT2D eigenvalue weighted by Gasteiger charge is -2.34. The van der Waals surface area contributed by atoms with Crippen molar-refractivity contribution in [3.63, 3.8) is 0 Å². The third kappa shape index (κ3) is 5.33. The number of carbonyl (C=O) groups is 1. The predicted molar refractivity (Wildman–Crippen MR) is 123 cm³/mol. The zero-order valence-corrected chi connectivity index (χ0v) is 18.2. The summed E-state index contributed by atoms with van der Waals surface area (Å²) in [7, 11) is 0. The van der Waals surface area contributed by atoms with Gasteiger partial charge in [0.15, 0.2) is 0 Å². The molecule has 0 spiro atoms. The largest absolute Gasteiger partial charge is 0.494 e. The van der Waals surface area contributed by atoms with Crippen molar-refractivity contribution in [3.05, 3.63) is 102 Å². The maximum atomic E-state index is 13.6. The van der Waals surface area contributed by atoms with E-state index in [2.05, 4.69) is 36.4 Å². The van der Waals surface area contributed by atoms with Gasteiger partial charge < -0.3 is 14.5 Å². The smallest absolute Gasteiger partial charge is 0.234 e.